The summed E-state index contributed by atoms with van der Waals surface area (Å²) in [4.78, 5) is 14.5. The van der Waals surface area contributed by atoms with Crippen LogP contribution in [0.15, 0.2) is 52.2 Å². The van der Waals surface area contributed by atoms with Gasteiger partial charge in [-0.25, -0.2) is 4.79 Å². The number of piperidine rings is 1. The largest absolute Gasteiger partial charge is 0.385 e. The molecule has 1 saturated heterocycles. The Hall–Kier alpha value is -2.62. The van der Waals surface area contributed by atoms with Gasteiger partial charge in [-0.05, 0) is 74.2 Å². The summed E-state index contributed by atoms with van der Waals surface area (Å²) in [6.45, 7) is 9.36. The Labute approximate surface area is 195 Å². The van der Waals surface area contributed by atoms with Crippen LogP contribution in [0.2, 0.25) is 0 Å². The van der Waals surface area contributed by atoms with Crippen molar-refractivity contribution in [1.29, 1.82) is 0 Å². The Morgan fingerprint density at radius 1 is 1.12 bits per heavy atom. The first-order chi connectivity index (χ1) is 15.7. The number of H-pyrrole nitrogens is 1. The highest BCUT2D eigenvalue weighted by atomic mass is 32.2. The number of aromatic nitrogens is 2. The van der Waals surface area contributed by atoms with E-state index in [0.717, 1.165) is 38.9 Å². The SMILES string of the molecule is CCc1ccc(NCC(C)C)cc1.O=c1[nH]c2cc(S(=O)(=O)O)ccc2n1C1CCNCC1. The molecule has 1 fully saturated rings. The fraction of sp³-hybridized carbons (Fsp3) is 0.458. The zero-order chi connectivity index (χ0) is 24.0. The van der Waals surface area contributed by atoms with Crippen molar-refractivity contribution < 1.29 is 13.0 Å². The molecule has 0 spiro atoms. The van der Waals surface area contributed by atoms with Gasteiger partial charge in [0.2, 0.25) is 0 Å². The lowest BCUT2D eigenvalue weighted by molar-refractivity contribution is 0.368. The third kappa shape index (κ3) is 6.69. The van der Waals surface area contributed by atoms with Crippen LogP contribution >= 0.6 is 0 Å². The molecular weight excluding hydrogens is 440 g/mol. The Balaban J connectivity index is 0.000000205. The number of anilines is 1. The molecule has 0 bridgehead atoms. The molecule has 2 heterocycles. The number of aryl methyl sites for hydroxylation is 1. The average molecular weight is 475 g/mol. The quantitative estimate of drug-likeness (QED) is 0.404. The molecule has 1 aliphatic heterocycles. The van der Waals surface area contributed by atoms with Crippen molar-refractivity contribution in [3.63, 3.8) is 0 Å². The monoisotopic (exact) mass is 474 g/mol. The van der Waals surface area contributed by atoms with Gasteiger partial charge in [0.05, 0.1) is 15.9 Å². The lowest BCUT2D eigenvalue weighted by Crippen LogP contribution is -2.33. The minimum absolute atomic E-state index is 0.106. The maximum atomic E-state index is 12.1. The smallest absolute Gasteiger partial charge is 0.326 e. The van der Waals surface area contributed by atoms with Crippen LogP contribution in [0.4, 0.5) is 5.69 Å². The van der Waals surface area contributed by atoms with Crippen molar-refractivity contribution >= 4 is 26.8 Å². The first-order valence-corrected chi connectivity index (χ1v) is 12.9. The van der Waals surface area contributed by atoms with Gasteiger partial charge in [0.25, 0.3) is 10.1 Å². The lowest BCUT2D eigenvalue weighted by Gasteiger charge is -2.23. The second-order valence-corrected chi connectivity index (χ2v) is 10.2. The van der Waals surface area contributed by atoms with Crippen LogP contribution in [0.25, 0.3) is 11.0 Å². The molecule has 4 rings (SSSR count). The second kappa shape index (κ2) is 11.0. The van der Waals surface area contributed by atoms with E-state index in [9.17, 15) is 13.2 Å². The minimum atomic E-state index is -4.26. The van der Waals surface area contributed by atoms with Crippen molar-refractivity contribution in [2.75, 3.05) is 25.0 Å². The highest BCUT2D eigenvalue weighted by Gasteiger charge is 2.20. The highest BCUT2D eigenvalue weighted by molar-refractivity contribution is 7.85. The molecule has 0 atom stereocenters. The first kappa shape index (κ1) is 25.0. The number of fused-ring (bicyclic) bond motifs is 1. The molecule has 1 aromatic heterocycles. The summed E-state index contributed by atoms with van der Waals surface area (Å²) in [6, 6.07) is 12.9. The van der Waals surface area contributed by atoms with Gasteiger partial charge in [-0.3, -0.25) is 9.12 Å². The van der Waals surface area contributed by atoms with E-state index in [-0.39, 0.29) is 16.6 Å². The predicted octanol–water partition coefficient (Wildman–Crippen LogP) is 3.82. The summed E-state index contributed by atoms with van der Waals surface area (Å²) < 4.78 is 32.9. The average Bonchev–Trinajstić information content (AvgIpc) is 3.13. The third-order valence-corrected chi connectivity index (χ3v) is 6.59. The maximum Gasteiger partial charge on any atom is 0.326 e. The number of rotatable bonds is 6. The number of hydrogen-bond acceptors (Lipinski definition) is 5. The molecule has 8 nitrogen and oxygen atoms in total. The van der Waals surface area contributed by atoms with Gasteiger partial charge in [-0.1, -0.05) is 32.9 Å². The van der Waals surface area contributed by atoms with Gasteiger partial charge in [0, 0.05) is 18.3 Å². The molecule has 33 heavy (non-hydrogen) atoms. The summed E-state index contributed by atoms with van der Waals surface area (Å²) in [5.74, 6) is 0.700. The van der Waals surface area contributed by atoms with Crippen molar-refractivity contribution in [3.05, 3.63) is 58.5 Å². The van der Waals surface area contributed by atoms with Crippen molar-refractivity contribution in [2.45, 2.75) is 51.0 Å². The number of benzene rings is 2. The maximum absolute atomic E-state index is 12.1. The second-order valence-electron chi connectivity index (χ2n) is 8.76. The summed E-state index contributed by atoms with van der Waals surface area (Å²) in [6.07, 6.45) is 2.82. The summed E-state index contributed by atoms with van der Waals surface area (Å²) >= 11 is 0. The zero-order valence-corrected chi connectivity index (χ0v) is 20.3. The molecule has 0 unspecified atom stereocenters. The van der Waals surface area contributed by atoms with Crippen LogP contribution in [0.5, 0.6) is 0 Å². The Bertz CT molecular complexity index is 1210. The summed E-state index contributed by atoms with van der Waals surface area (Å²) in [5, 5.41) is 6.63. The van der Waals surface area contributed by atoms with E-state index < -0.39 is 10.1 Å². The predicted molar refractivity (Wildman–Crippen MR) is 133 cm³/mol. The molecule has 0 radical (unpaired) electrons. The topological polar surface area (TPSA) is 116 Å². The molecule has 3 aromatic rings. The lowest BCUT2D eigenvalue weighted by atomic mass is 10.1. The van der Waals surface area contributed by atoms with Gasteiger partial charge in [-0.2, -0.15) is 8.42 Å². The Morgan fingerprint density at radius 2 is 1.79 bits per heavy atom. The van der Waals surface area contributed by atoms with Gasteiger partial charge >= 0.3 is 5.69 Å². The van der Waals surface area contributed by atoms with Gasteiger partial charge < -0.3 is 15.6 Å². The van der Waals surface area contributed by atoms with Crippen molar-refractivity contribution in [3.8, 4) is 0 Å². The fourth-order valence-corrected chi connectivity index (χ4v) is 4.39. The number of hydrogen-bond donors (Lipinski definition) is 4. The van der Waals surface area contributed by atoms with Crippen LogP contribution in [0, 0.1) is 5.92 Å². The van der Waals surface area contributed by atoms with Crippen LogP contribution in [-0.4, -0.2) is 42.2 Å². The summed E-state index contributed by atoms with van der Waals surface area (Å²) in [7, 11) is -4.26. The van der Waals surface area contributed by atoms with Gasteiger partial charge in [-0.15, -0.1) is 0 Å². The molecule has 0 amide bonds. The van der Waals surface area contributed by atoms with E-state index in [1.165, 1.54) is 23.4 Å². The molecule has 9 heteroatoms. The number of nitrogens with one attached hydrogen (secondary N) is 3. The van der Waals surface area contributed by atoms with Crippen LogP contribution in [0.3, 0.4) is 0 Å². The molecule has 4 N–H and O–H groups in total. The van der Waals surface area contributed by atoms with E-state index in [1.807, 2.05) is 0 Å². The molecule has 0 aliphatic carbocycles. The van der Waals surface area contributed by atoms with E-state index in [1.54, 1.807) is 10.6 Å². The first-order valence-electron chi connectivity index (χ1n) is 11.4. The highest BCUT2D eigenvalue weighted by Crippen LogP contribution is 2.23. The number of imidazole rings is 1. The fourth-order valence-electron chi connectivity index (χ4n) is 3.88. The van der Waals surface area contributed by atoms with Crippen LogP contribution < -0.4 is 16.3 Å². The number of aromatic amines is 1. The Morgan fingerprint density at radius 3 is 2.36 bits per heavy atom. The number of nitrogens with zero attached hydrogens (tertiary/aromatic N) is 1. The molecule has 1 aliphatic rings. The molecule has 180 valence electrons. The molecular formula is C24H34N4O4S. The zero-order valence-electron chi connectivity index (χ0n) is 19.5. The van der Waals surface area contributed by atoms with Crippen LogP contribution in [0.1, 0.15) is 45.2 Å². The van der Waals surface area contributed by atoms with Gasteiger partial charge in [0.1, 0.15) is 0 Å². The molecule has 2 aromatic carbocycles. The Kier molecular flexibility index (Phi) is 8.34. The normalized spacial score (nSPS) is 14.8. The van der Waals surface area contributed by atoms with Gasteiger partial charge in [0.15, 0.2) is 0 Å². The van der Waals surface area contributed by atoms with Crippen LogP contribution in [-0.2, 0) is 16.5 Å². The van der Waals surface area contributed by atoms with E-state index in [2.05, 4.69) is 60.7 Å². The van der Waals surface area contributed by atoms with E-state index in [0.29, 0.717) is 17.0 Å². The van der Waals surface area contributed by atoms with E-state index >= 15 is 0 Å². The van der Waals surface area contributed by atoms with Crippen molar-refractivity contribution in [1.82, 2.24) is 14.9 Å². The standard InChI is InChI=1S/C12H15N3O4S.C12H19N/c16-12-14-10-7-9(20(17,18)19)1-2-11(10)15(12)8-3-5-13-6-4-8;1-4-11-5-7-12(8-6-11)13-9-10(2)3/h1-2,7-8,13H,3-6H2,(H,14,16)(H,17,18,19);5-8,10,13H,4,9H2,1-3H3. The van der Waals surface area contributed by atoms with E-state index in [4.69, 9.17) is 4.55 Å². The molecule has 0 saturated carbocycles. The third-order valence-electron chi connectivity index (χ3n) is 5.74. The van der Waals surface area contributed by atoms with Crippen molar-refractivity contribution in [2.24, 2.45) is 5.92 Å². The summed E-state index contributed by atoms with van der Waals surface area (Å²) in [5.41, 5.74) is 3.46. The minimum Gasteiger partial charge on any atom is -0.385 e.